The van der Waals surface area contributed by atoms with E-state index >= 15 is 0 Å². The Morgan fingerprint density at radius 1 is 0.844 bits per heavy atom. The number of hydrogen-bond donors (Lipinski definition) is 1. The number of amides is 1. The Hall–Kier alpha value is -2.27. The van der Waals surface area contributed by atoms with Gasteiger partial charge >= 0.3 is 0 Å². The number of carbonyl (C=O) groups excluding carboxylic acids is 1. The van der Waals surface area contributed by atoms with E-state index in [9.17, 15) is 21.6 Å². The van der Waals surface area contributed by atoms with E-state index in [0.717, 1.165) is 5.56 Å². The van der Waals surface area contributed by atoms with Crippen molar-refractivity contribution in [3.8, 4) is 0 Å². The van der Waals surface area contributed by atoms with E-state index in [1.165, 1.54) is 52.1 Å². The molecule has 32 heavy (non-hydrogen) atoms. The van der Waals surface area contributed by atoms with E-state index in [1.807, 2.05) is 0 Å². The van der Waals surface area contributed by atoms with E-state index in [4.69, 9.17) is 0 Å². The maximum Gasteiger partial charge on any atom is 0.251 e. The van der Waals surface area contributed by atoms with Crippen LogP contribution in [0.2, 0.25) is 0 Å². The van der Waals surface area contributed by atoms with Gasteiger partial charge in [0.1, 0.15) is 0 Å². The van der Waals surface area contributed by atoms with Crippen molar-refractivity contribution >= 4 is 26.0 Å². The van der Waals surface area contributed by atoms with Gasteiger partial charge in [-0.1, -0.05) is 26.0 Å². The quantitative estimate of drug-likeness (QED) is 0.562. The number of rotatable bonds is 10. The number of nitrogens with zero attached hydrogens (tertiary/aromatic N) is 2. The molecule has 0 bridgehead atoms. The monoisotopic (exact) mass is 481 g/mol. The van der Waals surface area contributed by atoms with Gasteiger partial charge < -0.3 is 5.32 Å². The predicted molar refractivity (Wildman–Crippen MR) is 124 cm³/mol. The summed E-state index contributed by atoms with van der Waals surface area (Å²) in [6.45, 7) is 8.09. The molecule has 1 amide bonds. The van der Waals surface area contributed by atoms with Gasteiger partial charge in [-0.05, 0) is 55.8 Å². The molecule has 0 saturated heterocycles. The molecule has 0 atom stereocenters. The fraction of sp³-hybridized carbons (Fsp3) is 0.409. The minimum absolute atomic E-state index is 0.140. The van der Waals surface area contributed by atoms with Gasteiger partial charge in [-0.2, -0.15) is 8.61 Å². The second-order valence-electron chi connectivity index (χ2n) is 7.56. The third-order valence-electron chi connectivity index (χ3n) is 5.24. The van der Waals surface area contributed by atoms with Gasteiger partial charge in [0.25, 0.3) is 5.91 Å². The normalized spacial score (nSPS) is 12.5. The van der Waals surface area contributed by atoms with Gasteiger partial charge in [-0.3, -0.25) is 4.79 Å². The molecular formula is C22H31N3O5S2. The van der Waals surface area contributed by atoms with Gasteiger partial charge in [0.2, 0.25) is 20.0 Å². The molecule has 0 aliphatic rings. The summed E-state index contributed by atoms with van der Waals surface area (Å²) in [5, 5.41) is 2.76. The van der Waals surface area contributed by atoms with Crippen molar-refractivity contribution in [1.82, 2.24) is 13.9 Å². The highest BCUT2D eigenvalue weighted by molar-refractivity contribution is 7.89. The minimum Gasteiger partial charge on any atom is -0.348 e. The molecule has 1 N–H and O–H groups in total. The summed E-state index contributed by atoms with van der Waals surface area (Å²) in [5.41, 5.74) is 1.08. The minimum atomic E-state index is -3.58. The third kappa shape index (κ3) is 5.74. The molecule has 2 rings (SSSR count). The SMILES string of the molecule is CCN(CC)S(=O)(=O)c1ccc(C(=O)NCc2ccc(S(=O)(=O)N(C)C(C)C)cc2)cc1. The third-order valence-corrected chi connectivity index (χ3v) is 9.35. The van der Waals surface area contributed by atoms with Crippen LogP contribution < -0.4 is 5.32 Å². The van der Waals surface area contributed by atoms with Crippen LogP contribution in [-0.2, 0) is 26.6 Å². The molecule has 10 heteroatoms. The molecule has 2 aromatic rings. The van der Waals surface area contributed by atoms with Crippen molar-refractivity contribution in [3.05, 3.63) is 59.7 Å². The number of hydrogen-bond acceptors (Lipinski definition) is 5. The van der Waals surface area contributed by atoms with Gasteiger partial charge in [0, 0.05) is 38.3 Å². The lowest BCUT2D eigenvalue weighted by molar-refractivity contribution is 0.0950. The second-order valence-corrected chi connectivity index (χ2v) is 11.5. The predicted octanol–water partition coefficient (Wildman–Crippen LogP) is 2.68. The second kappa shape index (κ2) is 10.6. The molecule has 8 nitrogen and oxygen atoms in total. The van der Waals surface area contributed by atoms with Crippen molar-refractivity contribution in [3.63, 3.8) is 0 Å². The number of sulfonamides is 2. The summed E-state index contributed by atoms with van der Waals surface area (Å²) in [6.07, 6.45) is 0. The Kier molecular flexibility index (Phi) is 8.58. The van der Waals surface area contributed by atoms with Gasteiger partial charge in [0.05, 0.1) is 9.79 Å². The summed E-state index contributed by atoms with van der Waals surface area (Å²) in [5.74, 6) is -0.354. The molecule has 176 valence electrons. The van der Waals surface area contributed by atoms with Crippen molar-refractivity contribution in [2.45, 2.75) is 50.1 Å². The fourth-order valence-electron chi connectivity index (χ4n) is 3.00. The van der Waals surface area contributed by atoms with E-state index in [2.05, 4.69) is 5.32 Å². The zero-order valence-electron chi connectivity index (χ0n) is 19.1. The van der Waals surface area contributed by atoms with E-state index < -0.39 is 20.0 Å². The first-order valence-electron chi connectivity index (χ1n) is 10.4. The van der Waals surface area contributed by atoms with Crippen LogP contribution in [-0.4, -0.2) is 57.5 Å². The molecule has 0 aliphatic heterocycles. The lowest BCUT2D eigenvalue weighted by Crippen LogP contribution is -2.33. The molecule has 0 unspecified atom stereocenters. The topological polar surface area (TPSA) is 104 Å². The Labute approximate surface area is 191 Å². The zero-order chi connectivity index (χ0) is 24.1. The lowest BCUT2D eigenvalue weighted by atomic mass is 10.2. The molecule has 0 aliphatic carbocycles. The fourth-order valence-corrected chi connectivity index (χ4v) is 5.82. The van der Waals surface area contributed by atoms with Crippen molar-refractivity contribution < 1.29 is 21.6 Å². The standard InChI is InChI=1S/C22H31N3O5S2/c1-6-25(7-2)32(29,30)21-14-10-19(11-15-21)22(26)23-16-18-8-12-20(13-9-18)31(27,28)24(5)17(3)4/h8-15,17H,6-7,16H2,1-5H3,(H,23,26). The van der Waals surface area contributed by atoms with Crippen LogP contribution in [0.5, 0.6) is 0 Å². The van der Waals surface area contributed by atoms with Crippen LogP contribution >= 0.6 is 0 Å². The maximum atomic E-state index is 12.5. The molecule has 0 spiro atoms. The zero-order valence-corrected chi connectivity index (χ0v) is 20.7. The molecule has 0 saturated carbocycles. The van der Waals surface area contributed by atoms with E-state index in [-0.39, 0.29) is 28.3 Å². The molecule has 0 heterocycles. The number of benzene rings is 2. The lowest BCUT2D eigenvalue weighted by Gasteiger charge is -2.21. The van der Waals surface area contributed by atoms with E-state index in [0.29, 0.717) is 18.7 Å². The van der Waals surface area contributed by atoms with Crippen LogP contribution in [0.1, 0.15) is 43.6 Å². The van der Waals surface area contributed by atoms with Crippen LogP contribution in [0.15, 0.2) is 58.3 Å². The highest BCUT2D eigenvalue weighted by Crippen LogP contribution is 2.18. The first-order valence-corrected chi connectivity index (χ1v) is 13.3. The smallest absolute Gasteiger partial charge is 0.251 e. The van der Waals surface area contributed by atoms with Crippen molar-refractivity contribution in [1.29, 1.82) is 0 Å². The summed E-state index contributed by atoms with van der Waals surface area (Å²) in [7, 11) is -5.61. The highest BCUT2D eigenvalue weighted by Gasteiger charge is 2.23. The largest absolute Gasteiger partial charge is 0.348 e. The maximum absolute atomic E-state index is 12.5. The number of nitrogens with one attached hydrogen (secondary N) is 1. The molecule has 0 aromatic heterocycles. The Morgan fingerprint density at radius 3 is 1.78 bits per heavy atom. The first-order chi connectivity index (χ1) is 14.9. The average molecular weight is 482 g/mol. The first kappa shape index (κ1) is 26.0. The van der Waals surface area contributed by atoms with Crippen LogP contribution in [0, 0.1) is 0 Å². The summed E-state index contributed by atoms with van der Waals surface area (Å²) in [4.78, 5) is 12.8. The van der Waals surface area contributed by atoms with Gasteiger partial charge in [0.15, 0.2) is 0 Å². The number of carbonyl (C=O) groups is 1. The van der Waals surface area contributed by atoms with E-state index in [1.54, 1.807) is 39.8 Å². The highest BCUT2D eigenvalue weighted by atomic mass is 32.2. The van der Waals surface area contributed by atoms with Crippen LogP contribution in [0.25, 0.3) is 0 Å². The Bertz CT molecular complexity index is 1120. The summed E-state index contributed by atoms with van der Waals surface area (Å²) in [6, 6.07) is 12.0. The Balaban J connectivity index is 2.05. The van der Waals surface area contributed by atoms with Crippen molar-refractivity contribution in [2.24, 2.45) is 0 Å². The van der Waals surface area contributed by atoms with Crippen LogP contribution in [0.3, 0.4) is 0 Å². The Morgan fingerprint density at radius 2 is 1.31 bits per heavy atom. The summed E-state index contributed by atoms with van der Waals surface area (Å²) < 4.78 is 52.8. The van der Waals surface area contributed by atoms with Crippen LogP contribution in [0.4, 0.5) is 0 Å². The van der Waals surface area contributed by atoms with Crippen molar-refractivity contribution in [2.75, 3.05) is 20.1 Å². The molecule has 0 radical (unpaired) electrons. The van der Waals surface area contributed by atoms with Gasteiger partial charge in [-0.15, -0.1) is 0 Å². The average Bonchev–Trinajstić information content (AvgIpc) is 2.77. The molecule has 0 fully saturated rings. The summed E-state index contributed by atoms with van der Waals surface area (Å²) >= 11 is 0. The molecule has 2 aromatic carbocycles. The molecular weight excluding hydrogens is 450 g/mol. The van der Waals surface area contributed by atoms with Gasteiger partial charge in [-0.25, -0.2) is 16.8 Å².